The van der Waals surface area contributed by atoms with Gasteiger partial charge in [0, 0.05) is 36.4 Å². The highest BCUT2D eigenvalue weighted by Gasteiger charge is 2.24. The molecule has 0 atom stereocenters. The van der Waals surface area contributed by atoms with Gasteiger partial charge in [0.2, 0.25) is 0 Å². The van der Waals surface area contributed by atoms with Gasteiger partial charge in [0.25, 0.3) is 5.91 Å². The molecular formula is C22H24N4O. The van der Waals surface area contributed by atoms with Crippen molar-refractivity contribution in [2.75, 3.05) is 13.1 Å². The van der Waals surface area contributed by atoms with Crippen molar-refractivity contribution >= 4 is 16.8 Å². The number of nitrogens with zero attached hydrogens (tertiary/aromatic N) is 4. The molecule has 1 amide bonds. The Morgan fingerprint density at radius 1 is 1.11 bits per heavy atom. The van der Waals surface area contributed by atoms with Crippen LogP contribution in [0.2, 0.25) is 0 Å². The lowest BCUT2D eigenvalue weighted by Crippen LogP contribution is -2.38. The third-order valence-electron chi connectivity index (χ3n) is 5.66. The van der Waals surface area contributed by atoms with Crippen molar-refractivity contribution in [3.8, 4) is 11.3 Å². The second kappa shape index (κ2) is 7.06. The van der Waals surface area contributed by atoms with Crippen LogP contribution >= 0.6 is 0 Å². The summed E-state index contributed by atoms with van der Waals surface area (Å²) in [6.45, 7) is 8.02. The molecule has 1 fully saturated rings. The van der Waals surface area contributed by atoms with E-state index in [0.29, 0.717) is 5.92 Å². The summed E-state index contributed by atoms with van der Waals surface area (Å²) in [4.78, 5) is 28.4. The minimum atomic E-state index is 0.0932. The molecule has 5 nitrogen and oxygen atoms in total. The lowest BCUT2D eigenvalue weighted by Gasteiger charge is -2.30. The van der Waals surface area contributed by atoms with Gasteiger partial charge in [0.15, 0.2) is 0 Å². The van der Waals surface area contributed by atoms with Crippen LogP contribution in [0.5, 0.6) is 0 Å². The number of benzene rings is 1. The molecule has 138 valence electrons. The van der Waals surface area contributed by atoms with Gasteiger partial charge in [-0.3, -0.25) is 4.79 Å². The molecule has 1 aromatic carbocycles. The number of carbonyl (C=O) groups excluding carboxylic acids is 1. The smallest absolute Gasteiger partial charge is 0.254 e. The topological polar surface area (TPSA) is 59.0 Å². The average Bonchev–Trinajstić information content (AvgIpc) is 2.71. The molecule has 1 aliphatic rings. The molecule has 0 bridgehead atoms. The first-order valence-electron chi connectivity index (χ1n) is 9.50. The lowest BCUT2D eigenvalue weighted by atomic mass is 9.96. The molecule has 1 saturated heterocycles. The van der Waals surface area contributed by atoms with Crippen LogP contribution in [0.4, 0.5) is 0 Å². The van der Waals surface area contributed by atoms with Crippen LogP contribution in [-0.4, -0.2) is 38.8 Å². The van der Waals surface area contributed by atoms with Crippen LogP contribution in [0.1, 0.15) is 41.3 Å². The zero-order valence-corrected chi connectivity index (χ0v) is 16.1. The van der Waals surface area contributed by atoms with E-state index in [1.165, 1.54) is 11.9 Å². The molecule has 5 heteroatoms. The normalized spacial score (nSPS) is 15.3. The van der Waals surface area contributed by atoms with Crippen LogP contribution < -0.4 is 0 Å². The first kappa shape index (κ1) is 17.6. The Balaban J connectivity index is 1.87. The maximum atomic E-state index is 13.4. The molecular weight excluding hydrogens is 336 g/mol. The first-order valence-corrected chi connectivity index (χ1v) is 9.50. The van der Waals surface area contributed by atoms with Gasteiger partial charge in [0.05, 0.1) is 16.8 Å². The van der Waals surface area contributed by atoms with Crippen molar-refractivity contribution < 1.29 is 4.79 Å². The monoisotopic (exact) mass is 360 g/mol. The fourth-order valence-electron chi connectivity index (χ4n) is 3.67. The van der Waals surface area contributed by atoms with Crippen LogP contribution in [0.15, 0.2) is 36.9 Å². The van der Waals surface area contributed by atoms with Gasteiger partial charge in [0.1, 0.15) is 6.33 Å². The molecule has 0 radical (unpaired) electrons. The quantitative estimate of drug-likeness (QED) is 0.688. The van der Waals surface area contributed by atoms with Gasteiger partial charge in [-0.15, -0.1) is 0 Å². The largest absolute Gasteiger partial charge is 0.339 e. The number of aromatic nitrogens is 3. The highest BCUT2D eigenvalue weighted by molar-refractivity contribution is 6.08. The lowest BCUT2D eigenvalue weighted by molar-refractivity contribution is 0.0699. The Kier molecular flexibility index (Phi) is 4.60. The van der Waals surface area contributed by atoms with Crippen LogP contribution in [0.25, 0.3) is 22.2 Å². The summed E-state index contributed by atoms with van der Waals surface area (Å²) in [6.07, 6.45) is 7.10. The van der Waals surface area contributed by atoms with Gasteiger partial charge in [-0.1, -0.05) is 19.1 Å². The Labute approximate surface area is 159 Å². The molecule has 0 unspecified atom stereocenters. The number of pyridine rings is 1. The molecule has 0 aliphatic carbocycles. The summed E-state index contributed by atoms with van der Waals surface area (Å²) in [5.74, 6) is 0.779. The minimum Gasteiger partial charge on any atom is -0.339 e. The Morgan fingerprint density at radius 2 is 1.81 bits per heavy atom. The number of rotatable bonds is 2. The van der Waals surface area contributed by atoms with Crippen molar-refractivity contribution in [3.63, 3.8) is 0 Å². The number of aryl methyl sites for hydroxylation is 2. The van der Waals surface area contributed by atoms with Crippen molar-refractivity contribution in [2.45, 2.75) is 33.6 Å². The van der Waals surface area contributed by atoms with Crippen LogP contribution in [0.3, 0.4) is 0 Å². The van der Waals surface area contributed by atoms with Gasteiger partial charge in [-0.2, -0.15) is 0 Å². The maximum Gasteiger partial charge on any atom is 0.254 e. The Bertz CT molecular complexity index is 992. The average molecular weight is 360 g/mol. The van der Waals surface area contributed by atoms with Crippen molar-refractivity contribution in [1.29, 1.82) is 0 Å². The number of piperidine rings is 1. The second-order valence-electron chi connectivity index (χ2n) is 7.56. The highest BCUT2D eigenvalue weighted by Crippen LogP contribution is 2.29. The predicted molar refractivity (Wildman–Crippen MR) is 107 cm³/mol. The third kappa shape index (κ3) is 3.29. The van der Waals surface area contributed by atoms with Crippen LogP contribution in [-0.2, 0) is 0 Å². The van der Waals surface area contributed by atoms with E-state index in [9.17, 15) is 4.79 Å². The summed E-state index contributed by atoms with van der Waals surface area (Å²) >= 11 is 0. The van der Waals surface area contributed by atoms with E-state index >= 15 is 0 Å². The van der Waals surface area contributed by atoms with E-state index in [4.69, 9.17) is 4.98 Å². The molecule has 3 aromatic rings. The van der Waals surface area contributed by atoms with E-state index in [1.54, 1.807) is 12.4 Å². The molecule has 1 aliphatic heterocycles. The molecule has 0 spiro atoms. The number of carbonyl (C=O) groups is 1. The number of fused-ring (bicyclic) bond motifs is 1. The Hall–Kier alpha value is -2.82. The van der Waals surface area contributed by atoms with Crippen molar-refractivity contribution in [1.82, 2.24) is 19.9 Å². The molecule has 3 heterocycles. The summed E-state index contributed by atoms with van der Waals surface area (Å²) in [7, 11) is 0. The number of hydrogen-bond acceptors (Lipinski definition) is 4. The van der Waals surface area contributed by atoms with Crippen molar-refractivity contribution in [3.05, 3.63) is 53.6 Å². The van der Waals surface area contributed by atoms with Gasteiger partial charge in [-0.25, -0.2) is 15.0 Å². The zero-order chi connectivity index (χ0) is 19.0. The summed E-state index contributed by atoms with van der Waals surface area (Å²) in [5, 5.41) is 0.919. The molecule has 0 saturated carbocycles. The van der Waals surface area contributed by atoms with E-state index in [-0.39, 0.29) is 5.91 Å². The zero-order valence-electron chi connectivity index (χ0n) is 16.1. The van der Waals surface area contributed by atoms with E-state index in [0.717, 1.165) is 59.2 Å². The Morgan fingerprint density at radius 3 is 2.52 bits per heavy atom. The minimum absolute atomic E-state index is 0.0932. The third-order valence-corrected chi connectivity index (χ3v) is 5.66. The standard InChI is InChI=1S/C22H24N4O/c1-14-6-8-26(9-7-14)22(27)19-10-20(17-11-23-13-24-12-17)25-21-16(3)15(2)4-5-18(19)21/h4-5,10-14H,6-9H2,1-3H3. The first-order chi connectivity index (χ1) is 13.0. The fourth-order valence-corrected chi connectivity index (χ4v) is 3.67. The fraction of sp³-hybridized carbons (Fsp3) is 0.364. The molecule has 4 rings (SSSR count). The summed E-state index contributed by atoms with van der Waals surface area (Å²) in [5.41, 5.74) is 5.43. The molecule has 27 heavy (non-hydrogen) atoms. The predicted octanol–water partition coefficient (Wildman–Crippen LogP) is 4.18. The highest BCUT2D eigenvalue weighted by atomic mass is 16.2. The SMILES string of the molecule is Cc1ccc2c(C(=O)N3CCC(C)CC3)cc(-c3cncnc3)nc2c1C. The van der Waals surface area contributed by atoms with E-state index in [2.05, 4.69) is 36.8 Å². The number of hydrogen-bond donors (Lipinski definition) is 0. The van der Waals surface area contributed by atoms with Gasteiger partial charge >= 0.3 is 0 Å². The maximum absolute atomic E-state index is 13.4. The molecule has 2 aromatic heterocycles. The van der Waals surface area contributed by atoms with Crippen LogP contribution in [0, 0.1) is 19.8 Å². The van der Waals surface area contributed by atoms with E-state index in [1.807, 2.05) is 17.0 Å². The second-order valence-corrected chi connectivity index (χ2v) is 7.56. The number of likely N-dealkylation sites (tertiary alicyclic amines) is 1. The van der Waals surface area contributed by atoms with Gasteiger partial charge < -0.3 is 4.90 Å². The van der Waals surface area contributed by atoms with Crippen molar-refractivity contribution in [2.24, 2.45) is 5.92 Å². The summed E-state index contributed by atoms with van der Waals surface area (Å²) in [6, 6.07) is 5.99. The molecule has 0 N–H and O–H groups in total. The number of amides is 1. The van der Waals surface area contributed by atoms with Gasteiger partial charge in [-0.05, 0) is 49.8 Å². The summed E-state index contributed by atoms with van der Waals surface area (Å²) < 4.78 is 0. The van der Waals surface area contributed by atoms with E-state index < -0.39 is 0 Å².